The van der Waals surface area contributed by atoms with Crippen molar-refractivity contribution >= 4 is 31.4 Å². The van der Waals surface area contributed by atoms with E-state index in [0.717, 1.165) is 16.9 Å². The van der Waals surface area contributed by atoms with E-state index in [1.807, 2.05) is 0 Å². The molecule has 24 heavy (non-hydrogen) atoms. The van der Waals surface area contributed by atoms with Gasteiger partial charge in [0.15, 0.2) is 0 Å². The fraction of sp³-hybridized carbons (Fsp3) is 0.333. The van der Waals surface area contributed by atoms with Gasteiger partial charge in [0.05, 0.1) is 5.75 Å². The summed E-state index contributed by atoms with van der Waals surface area (Å²) >= 11 is 1.15. The molecule has 0 aliphatic rings. The minimum atomic E-state index is -3.50. The Hall–Kier alpha value is -1.26. The summed E-state index contributed by atoms with van der Waals surface area (Å²) in [5, 5.41) is 1.70. The van der Waals surface area contributed by atoms with Gasteiger partial charge < -0.3 is 0 Å². The van der Waals surface area contributed by atoms with Crippen molar-refractivity contribution in [1.29, 1.82) is 0 Å². The fourth-order valence-electron chi connectivity index (χ4n) is 2.04. The van der Waals surface area contributed by atoms with E-state index in [-0.39, 0.29) is 22.5 Å². The van der Waals surface area contributed by atoms with Crippen LogP contribution in [0.25, 0.3) is 0 Å². The number of hydrogen-bond donors (Lipinski definition) is 2. The lowest BCUT2D eigenvalue weighted by Crippen LogP contribution is -2.31. The molecule has 0 unspecified atom stereocenters. The molecule has 1 heterocycles. The molecule has 2 aromatic rings. The van der Waals surface area contributed by atoms with Gasteiger partial charge in [0.1, 0.15) is 4.21 Å². The van der Waals surface area contributed by atoms with Crippen LogP contribution in [0.15, 0.2) is 46.0 Å². The summed E-state index contributed by atoms with van der Waals surface area (Å²) in [5.41, 5.74) is 1.40. The van der Waals surface area contributed by atoms with Crippen molar-refractivity contribution in [3.05, 3.63) is 52.9 Å². The predicted octanol–water partition coefficient (Wildman–Crippen LogP) is 2.05. The van der Waals surface area contributed by atoms with Gasteiger partial charge in [0.2, 0.25) is 20.0 Å². The van der Waals surface area contributed by atoms with Gasteiger partial charge in [-0.3, -0.25) is 0 Å². The van der Waals surface area contributed by atoms with E-state index >= 15 is 0 Å². The number of thiophene rings is 1. The zero-order valence-corrected chi connectivity index (χ0v) is 15.8. The van der Waals surface area contributed by atoms with E-state index in [2.05, 4.69) is 9.44 Å². The van der Waals surface area contributed by atoms with Crippen LogP contribution in [0.2, 0.25) is 0 Å². The number of rotatable bonds is 8. The van der Waals surface area contributed by atoms with E-state index in [9.17, 15) is 16.8 Å². The minimum Gasteiger partial charge on any atom is -0.212 e. The molecule has 0 fully saturated rings. The molecule has 1 aromatic heterocycles. The molecule has 0 spiro atoms. The first-order valence-electron chi connectivity index (χ1n) is 7.29. The van der Waals surface area contributed by atoms with E-state index in [1.54, 1.807) is 55.6 Å². The highest BCUT2D eigenvalue weighted by molar-refractivity contribution is 7.91. The standard InChI is InChI=1S/C15H20N2O4S3/c1-12(2)17-23(18,19)11-14-7-5-13(6-8-14)10-16-24(20,21)15-4-3-9-22-15/h3-9,12,16-17H,10-11H2,1-2H3. The van der Waals surface area contributed by atoms with Crippen molar-refractivity contribution in [2.24, 2.45) is 0 Å². The van der Waals surface area contributed by atoms with Gasteiger partial charge in [-0.05, 0) is 36.4 Å². The molecule has 0 amide bonds. The lowest BCUT2D eigenvalue weighted by atomic mass is 10.1. The molecule has 2 rings (SSSR count). The van der Waals surface area contributed by atoms with Gasteiger partial charge in [0.25, 0.3) is 0 Å². The van der Waals surface area contributed by atoms with Crippen LogP contribution in [0.3, 0.4) is 0 Å². The van der Waals surface area contributed by atoms with Crippen LogP contribution >= 0.6 is 11.3 Å². The molecule has 1 aromatic carbocycles. The molecule has 0 aliphatic heterocycles. The third kappa shape index (κ3) is 5.67. The molecule has 9 heteroatoms. The Bertz CT molecular complexity index is 856. The van der Waals surface area contributed by atoms with Gasteiger partial charge in [-0.15, -0.1) is 11.3 Å². The summed E-state index contributed by atoms with van der Waals surface area (Å²) in [6.07, 6.45) is 0. The van der Waals surface area contributed by atoms with Gasteiger partial charge in [-0.2, -0.15) is 0 Å². The third-order valence-electron chi connectivity index (χ3n) is 3.02. The predicted molar refractivity (Wildman–Crippen MR) is 95.7 cm³/mol. The first-order valence-corrected chi connectivity index (χ1v) is 11.3. The van der Waals surface area contributed by atoms with Crippen molar-refractivity contribution in [1.82, 2.24) is 9.44 Å². The van der Waals surface area contributed by atoms with Crippen molar-refractivity contribution in [2.75, 3.05) is 0 Å². The van der Waals surface area contributed by atoms with Crippen LogP contribution in [0, 0.1) is 0 Å². The average Bonchev–Trinajstić information content (AvgIpc) is 3.00. The zero-order chi connectivity index (χ0) is 17.8. The summed E-state index contributed by atoms with van der Waals surface area (Å²) < 4.78 is 53.2. The Kier molecular flexibility index (Phi) is 6.16. The Morgan fingerprint density at radius 3 is 2.17 bits per heavy atom. The minimum absolute atomic E-state index is 0.105. The summed E-state index contributed by atoms with van der Waals surface area (Å²) in [6, 6.07) is 9.89. The van der Waals surface area contributed by atoms with E-state index in [4.69, 9.17) is 0 Å². The number of nitrogens with one attached hydrogen (secondary N) is 2. The van der Waals surface area contributed by atoms with Crippen LogP contribution in [-0.2, 0) is 32.3 Å². The molecule has 6 nitrogen and oxygen atoms in total. The summed E-state index contributed by atoms with van der Waals surface area (Å²) in [4.78, 5) is 0. The molecule has 0 saturated carbocycles. The van der Waals surface area contributed by atoms with E-state index < -0.39 is 20.0 Å². The highest BCUT2D eigenvalue weighted by Gasteiger charge is 2.15. The second-order valence-electron chi connectivity index (χ2n) is 5.60. The SMILES string of the molecule is CC(C)NS(=O)(=O)Cc1ccc(CNS(=O)(=O)c2cccs2)cc1. The molecule has 0 aliphatic carbocycles. The summed E-state index contributed by atoms with van der Waals surface area (Å²) in [6.45, 7) is 3.68. The highest BCUT2D eigenvalue weighted by atomic mass is 32.2. The number of benzene rings is 1. The quantitative estimate of drug-likeness (QED) is 0.724. The molecular weight excluding hydrogens is 368 g/mol. The smallest absolute Gasteiger partial charge is 0.212 e. The summed E-state index contributed by atoms with van der Waals surface area (Å²) in [5.74, 6) is -0.105. The Labute approximate surface area is 147 Å². The Balaban J connectivity index is 1.98. The van der Waals surface area contributed by atoms with Gasteiger partial charge in [0, 0.05) is 12.6 Å². The molecule has 2 N–H and O–H groups in total. The van der Waals surface area contributed by atoms with Crippen LogP contribution in [0.1, 0.15) is 25.0 Å². The first kappa shape index (κ1) is 19.1. The van der Waals surface area contributed by atoms with Crippen molar-refractivity contribution < 1.29 is 16.8 Å². The lowest BCUT2D eigenvalue weighted by molar-refractivity contribution is 0.569. The van der Waals surface area contributed by atoms with E-state index in [1.165, 1.54) is 0 Å². The number of sulfonamides is 2. The van der Waals surface area contributed by atoms with Gasteiger partial charge in [-0.1, -0.05) is 30.3 Å². The fourth-order valence-corrected chi connectivity index (χ4v) is 5.53. The molecule has 132 valence electrons. The maximum Gasteiger partial charge on any atom is 0.250 e. The third-order valence-corrected chi connectivity index (χ3v) is 7.36. The summed E-state index contributed by atoms with van der Waals surface area (Å²) in [7, 11) is -6.88. The molecule has 0 atom stereocenters. The van der Waals surface area contributed by atoms with Crippen LogP contribution in [0.5, 0.6) is 0 Å². The molecular formula is C15H20N2O4S3. The van der Waals surface area contributed by atoms with Crippen LogP contribution in [0.4, 0.5) is 0 Å². The molecule has 0 bridgehead atoms. The van der Waals surface area contributed by atoms with Gasteiger partial charge >= 0.3 is 0 Å². The average molecular weight is 389 g/mol. The maximum atomic E-state index is 12.0. The number of hydrogen-bond acceptors (Lipinski definition) is 5. The van der Waals surface area contributed by atoms with Crippen molar-refractivity contribution in [3.63, 3.8) is 0 Å². The normalized spacial score (nSPS) is 12.6. The zero-order valence-electron chi connectivity index (χ0n) is 13.4. The topological polar surface area (TPSA) is 92.3 Å². The van der Waals surface area contributed by atoms with E-state index in [0.29, 0.717) is 5.56 Å². The molecule has 0 saturated heterocycles. The first-order chi connectivity index (χ1) is 11.2. The lowest BCUT2D eigenvalue weighted by Gasteiger charge is -2.10. The van der Waals surface area contributed by atoms with Crippen molar-refractivity contribution in [2.45, 2.75) is 36.4 Å². The second-order valence-corrected chi connectivity index (χ2v) is 10.3. The van der Waals surface area contributed by atoms with Crippen LogP contribution in [-0.4, -0.2) is 22.9 Å². The Morgan fingerprint density at radius 2 is 1.62 bits per heavy atom. The monoisotopic (exact) mass is 388 g/mol. The largest absolute Gasteiger partial charge is 0.250 e. The highest BCUT2D eigenvalue weighted by Crippen LogP contribution is 2.16. The maximum absolute atomic E-state index is 12.0. The van der Waals surface area contributed by atoms with Crippen molar-refractivity contribution in [3.8, 4) is 0 Å². The molecule has 0 radical (unpaired) electrons. The second kappa shape index (κ2) is 7.75. The van der Waals surface area contributed by atoms with Gasteiger partial charge in [-0.25, -0.2) is 26.3 Å². The Morgan fingerprint density at radius 1 is 1.00 bits per heavy atom. The van der Waals surface area contributed by atoms with Crippen LogP contribution < -0.4 is 9.44 Å².